The first-order valence-corrected chi connectivity index (χ1v) is 8.28. The minimum Gasteiger partial charge on any atom is -0.356 e. The van der Waals surface area contributed by atoms with E-state index < -0.39 is 0 Å². The van der Waals surface area contributed by atoms with Crippen molar-refractivity contribution in [3.8, 4) is 0 Å². The van der Waals surface area contributed by atoms with Crippen molar-refractivity contribution >= 4 is 5.91 Å². The number of nitrogens with one attached hydrogen (secondary N) is 1. The number of aromatic nitrogens is 2. The van der Waals surface area contributed by atoms with Crippen LogP contribution < -0.4 is 5.32 Å². The summed E-state index contributed by atoms with van der Waals surface area (Å²) in [6, 6.07) is 12.2. The van der Waals surface area contributed by atoms with Gasteiger partial charge in [-0.2, -0.15) is 5.10 Å². The second kappa shape index (κ2) is 7.95. The van der Waals surface area contributed by atoms with Crippen molar-refractivity contribution in [1.29, 1.82) is 0 Å². The Kier molecular flexibility index (Phi) is 5.97. The second-order valence-electron chi connectivity index (χ2n) is 6.53. The van der Waals surface area contributed by atoms with Gasteiger partial charge in [0.25, 0.3) is 0 Å². The summed E-state index contributed by atoms with van der Waals surface area (Å²) in [4.78, 5) is 12.1. The lowest BCUT2D eigenvalue weighted by molar-refractivity contribution is -0.121. The molecule has 4 nitrogen and oxygen atoms in total. The zero-order valence-corrected chi connectivity index (χ0v) is 14.5. The Balaban J connectivity index is 1.76. The quantitative estimate of drug-likeness (QED) is 0.851. The van der Waals surface area contributed by atoms with Gasteiger partial charge in [0.15, 0.2) is 0 Å². The molecule has 2 aromatic rings. The van der Waals surface area contributed by atoms with Gasteiger partial charge in [0, 0.05) is 25.2 Å². The summed E-state index contributed by atoms with van der Waals surface area (Å²) in [5, 5.41) is 7.52. The molecule has 0 spiro atoms. The number of rotatable bonds is 7. The molecule has 2 atom stereocenters. The molecule has 4 heteroatoms. The van der Waals surface area contributed by atoms with Crippen LogP contribution >= 0.6 is 0 Å². The summed E-state index contributed by atoms with van der Waals surface area (Å²) < 4.78 is 2.01. The van der Waals surface area contributed by atoms with Crippen molar-refractivity contribution in [2.45, 2.75) is 46.6 Å². The highest BCUT2D eigenvalue weighted by molar-refractivity contribution is 5.76. The summed E-state index contributed by atoms with van der Waals surface area (Å²) >= 11 is 0. The number of hydrogen-bond donors (Lipinski definition) is 1. The van der Waals surface area contributed by atoms with Crippen LogP contribution in [0.4, 0.5) is 0 Å². The van der Waals surface area contributed by atoms with Crippen LogP contribution in [0.2, 0.25) is 0 Å². The standard InChI is InChI=1S/C19H27N3O/c1-14(13-22-17(4)11-16(3)21-22)12-20-19(23)10-15(2)18-8-6-5-7-9-18/h5-9,11,14-15H,10,12-13H2,1-4H3,(H,20,23)/t14-,15-/m0/s1. The first kappa shape index (κ1) is 17.3. The maximum atomic E-state index is 12.1. The third kappa shape index (κ3) is 5.23. The van der Waals surface area contributed by atoms with Gasteiger partial charge in [-0.1, -0.05) is 44.2 Å². The molecule has 1 aromatic heterocycles. The van der Waals surface area contributed by atoms with Crippen molar-refractivity contribution in [2.24, 2.45) is 5.92 Å². The minimum absolute atomic E-state index is 0.113. The molecule has 0 unspecified atom stereocenters. The molecule has 0 saturated carbocycles. The Morgan fingerprint density at radius 2 is 1.91 bits per heavy atom. The van der Waals surface area contributed by atoms with E-state index >= 15 is 0 Å². The normalized spacial score (nSPS) is 13.6. The van der Waals surface area contributed by atoms with Crippen molar-refractivity contribution in [2.75, 3.05) is 6.54 Å². The molecular formula is C19H27N3O. The van der Waals surface area contributed by atoms with Gasteiger partial charge in [0.1, 0.15) is 0 Å². The van der Waals surface area contributed by atoms with E-state index in [4.69, 9.17) is 0 Å². The van der Waals surface area contributed by atoms with E-state index in [-0.39, 0.29) is 11.8 Å². The summed E-state index contributed by atoms with van der Waals surface area (Å²) in [7, 11) is 0. The molecule has 2 rings (SSSR count). The number of nitrogens with zero attached hydrogens (tertiary/aromatic N) is 2. The van der Waals surface area contributed by atoms with E-state index in [9.17, 15) is 4.79 Å². The molecule has 0 saturated heterocycles. The first-order chi connectivity index (χ1) is 11.0. The Morgan fingerprint density at radius 1 is 1.22 bits per heavy atom. The lowest BCUT2D eigenvalue weighted by atomic mass is 9.97. The highest BCUT2D eigenvalue weighted by Crippen LogP contribution is 2.18. The Morgan fingerprint density at radius 3 is 2.52 bits per heavy atom. The summed E-state index contributed by atoms with van der Waals surface area (Å²) in [6.45, 7) is 9.80. The number of benzene rings is 1. The maximum absolute atomic E-state index is 12.1. The van der Waals surface area contributed by atoms with Gasteiger partial charge >= 0.3 is 0 Å². The van der Waals surface area contributed by atoms with Gasteiger partial charge in [-0.05, 0) is 37.3 Å². The fraction of sp³-hybridized carbons (Fsp3) is 0.474. The fourth-order valence-corrected chi connectivity index (χ4v) is 2.76. The predicted octanol–water partition coefficient (Wildman–Crippen LogP) is 3.45. The minimum atomic E-state index is 0.113. The average Bonchev–Trinajstić information content (AvgIpc) is 2.83. The molecule has 1 N–H and O–H groups in total. The third-order valence-electron chi connectivity index (χ3n) is 4.10. The summed E-state index contributed by atoms with van der Waals surface area (Å²) in [5.41, 5.74) is 3.41. The molecule has 1 aromatic carbocycles. The van der Waals surface area contributed by atoms with E-state index in [2.05, 4.69) is 49.4 Å². The highest BCUT2D eigenvalue weighted by atomic mass is 16.1. The van der Waals surface area contributed by atoms with E-state index in [1.807, 2.05) is 29.8 Å². The third-order valence-corrected chi connectivity index (χ3v) is 4.10. The van der Waals surface area contributed by atoms with Gasteiger partial charge in [-0.3, -0.25) is 9.48 Å². The highest BCUT2D eigenvalue weighted by Gasteiger charge is 2.13. The Bertz CT molecular complexity index is 633. The van der Waals surface area contributed by atoms with Crippen molar-refractivity contribution in [1.82, 2.24) is 15.1 Å². The summed E-state index contributed by atoms with van der Waals surface area (Å²) in [6.07, 6.45) is 0.524. The van der Waals surface area contributed by atoms with Crippen LogP contribution in [0, 0.1) is 19.8 Å². The zero-order chi connectivity index (χ0) is 16.8. The van der Waals surface area contributed by atoms with Crippen LogP contribution in [0.25, 0.3) is 0 Å². The molecule has 1 amide bonds. The van der Waals surface area contributed by atoms with Crippen molar-refractivity contribution < 1.29 is 4.79 Å². The Labute approximate surface area is 138 Å². The maximum Gasteiger partial charge on any atom is 0.220 e. The Hall–Kier alpha value is -2.10. The van der Waals surface area contributed by atoms with E-state index in [1.54, 1.807) is 0 Å². The van der Waals surface area contributed by atoms with Gasteiger partial charge in [-0.15, -0.1) is 0 Å². The number of aryl methyl sites for hydroxylation is 2. The molecule has 124 valence electrons. The molecule has 0 aliphatic heterocycles. The molecule has 0 fully saturated rings. The van der Waals surface area contributed by atoms with Gasteiger partial charge in [0.2, 0.25) is 5.91 Å². The van der Waals surface area contributed by atoms with Gasteiger partial charge in [0.05, 0.1) is 5.69 Å². The predicted molar refractivity (Wildman–Crippen MR) is 93.3 cm³/mol. The fourth-order valence-electron chi connectivity index (χ4n) is 2.76. The van der Waals surface area contributed by atoms with E-state index in [0.717, 1.165) is 12.2 Å². The molecule has 23 heavy (non-hydrogen) atoms. The first-order valence-electron chi connectivity index (χ1n) is 8.28. The topological polar surface area (TPSA) is 46.9 Å². The van der Waals surface area contributed by atoms with Crippen molar-refractivity contribution in [3.05, 3.63) is 53.3 Å². The van der Waals surface area contributed by atoms with Crippen LogP contribution in [0.5, 0.6) is 0 Å². The molecule has 0 aliphatic carbocycles. The molecule has 0 radical (unpaired) electrons. The number of hydrogen-bond acceptors (Lipinski definition) is 2. The number of carbonyl (C=O) groups is 1. The van der Waals surface area contributed by atoms with Crippen LogP contribution in [0.3, 0.4) is 0 Å². The SMILES string of the molecule is Cc1cc(C)n(C[C@@H](C)CNC(=O)C[C@H](C)c2ccccc2)n1. The molecule has 1 heterocycles. The lowest BCUT2D eigenvalue weighted by Crippen LogP contribution is -2.31. The largest absolute Gasteiger partial charge is 0.356 e. The second-order valence-corrected chi connectivity index (χ2v) is 6.53. The zero-order valence-electron chi connectivity index (χ0n) is 14.5. The smallest absolute Gasteiger partial charge is 0.220 e. The molecule has 0 aliphatic rings. The summed E-state index contributed by atoms with van der Waals surface area (Å²) in [5.74, 6) is 0.702. The number of amides is 1. The monoisotopic (exact) mass is 313 g/mol. The van der Waals surface area contributed by atoms with Gasteiger partial charge in [-0.25, -0.2) is 0 Å². The van der Waals surface area contributed by atoms with Crippen LogP contribution in [-0.4, -0.2) is 22.2 Å². The lowest BCUT2D eigenvalue weighted by Gasteiger charge is -2.16. The number of carbonyl (C=O) groups excluding carboxylic acids is 1. The van der Waals surface area contributed by atoms with Crippen LogP contribution in [-0.2, 0) is 11.3 Å². The van der Waals surface area contributed by atoms with E-state index in [1.165, 1.54) is 11.3 Å². The van der Waals surface area contributed by atoms with Crippen LogP contribution in [0.15, 0.2) is 36.4 Å². The van der Waals surface area contributed by atoms with Gasteiger partial charge < -0.3 is 5.32 Å². The van der Waals surface area contributed by atoms with Crippen LogP contribution in [0.1, 0.15) is 43.1 Å². The molecular weight excluding hydrogens is 286 g/mol. The van der Waals surface area contributed by atoms with Crippen molar-refractivity contribution in [3.63, 3.8) is 0 Å². The molecule has 0 bridgehead atoms. The average molecular weight is 313 g/mol. The van der Waals surface area contributed by atoms with E-state index in [0.29, 0.717) is 18.9 Å².